The number of methoxy groups -OCH3 is 1. The lowest BCUT2D eigenvalue weighted by Gasteiger charge is -2.08. The number of rotatable bonds is 3. The minimum atomic E-state index is -2.87. The topological polar surface area (TPSA) is 48.1 Å². The zero-order chi connectivity index (χ0) is 10.7. The van der Waals surface area contributed by atoms with Crippen LogP contribution in [0, 0.1) is 5.95 Å². The number of alkyl halides is 2. The van der Waals surface area contributed by atoms with Crippen molar-refractivity contribution in [1.29, 1.82) is 0 Å². The van der Waals surface area contributed by atoms with E-state index < -0.39 is 18.1 Å². The van der Waals surface area contributed by atoms with Gasteiger partial charge in [0.25, 0.3) is 6.43 Å². The van der Waals surface area contributed by atoms with Crippen LogP contribution in [0.4, 0.5) is 13.2 Å². The predicted molar refractivity (Wildman–Crippen MR) is 43.6 cm³/mol. The average molecular weight is 206 g/mol. The summed E-state index contributed by atoms with van der Waals surface area (Å²) >= 11 is 0. The van der Waals surface area contributed by atoms with Gasteiger partial charge in [-0.1, -0.05) is 0 Å². The van der Waals surface area contributed by atoms with Gasteiger partial charge in [0.1, 0.15) is 5.75 Å². The second-order valence-corrected chi connectivity index (χ2v) is 2.53. The highest BCUT2D eigenvalue weighted by molar-refractivity contribution is 5.32. The Morgan fingerprint density at radius 3 is 2.64 bits per heavy atom. The zero-order valence-electron chi connectivity index (χ0n) is 7.43. The molecule has 1 rings (SSSR count). The van der Waals surface area contributed by atoms with Crippen LogP contribution in [0.2, 0.25) is 0 Å². The van der Waals surface area contributed by atoms with Crippen molar-refractivity contribution in [2.75, 3.05) is 7.11 Å². The fourth-order valence-electron chi connectivity index (χ4n) is 0.987. The van der Waals surface area contributed by atoms with Crippen LogP contribution in [0.25, 0.3) is 0 Å². The van der Waals surface area contributed by atoms with E-state index in [1.807, 2.05) is 0 Å². The first kappa shape index (κ1) is 10.8. The molecule has 0 aliphatic rings. The van der Waals surface area contributed by atoms with Crippen LogP contribution in [-0.2, 0) is 6.54 Å². The molecule has 78 valence electrons. The Morgan fingerprint density at radius 1 is 1.57 bits per heavy atom. The number of hydrogen-bond donors (Lipinski definition) is 1. The Hall–Kier alpha value is -1.30. The lowest BCUT2D eigenvalue weighted by atomic mass is 10.2. The molecule has 0 unspecified atom stereocenters. The maximum absolute atomic E-state index is 12.9. The predicted octanol–water partition coefficient (Wildman–Crippen LogP) is 1.63. The van der Waals surface area contributed by atoms with E-state index in [-0.39, 0.29) is 17.9 Å². The van der Waals surface area contributed by atoms with Crippen LogP contribution in [-0.4, -0.2) is 12.1 Å². The third-order valence-corrected chi connectivity index (χ3v) is 1.69. The molecule has 0 aliphatic heterocycles. The Labute approximate surface area is 78.7 Å². The number of hydrogen-bond acceptors (Lipinski definition) is 3. The van der Waals surface area contributed by atoms with E-state index >= 15 is 0 Å². The van der Waals surface area contributed by atoms with Gasteiger partial charge < -0.3 is 10.5 Å². The van der Waals surface area contributed by atoms with Crippen LogP contribution < -0.4 is 10.5 Å². The molecule has 0 saturated heterocycles. The largest absolute Gasteiger partial charge is 0.495 e. The monoisotopic (exact) mass is 206 g/mol. The summed E-state index contributed by atoms with van der Waals surface area (Å²) in [7, 11) is 1.21. The first-order valence-corrected chi connectivity index (χ1v) is 3.81. The van der Waals surface area contributed by atoms with Crippen LogP contribution in [0.5, 0.6) is 5.75 Å². The van der Waals surface area contributed by atoms with E-state index in [2.05, 4.69) is 9.72 Å². The van der Waals surface area contributed by atoms with Gasteiger partial charge in [-0.15, -0.1) is 0 Å². The van der Waals surface area contributed by atoms with Gasteiger partial charge in [0.15, 0.2) is 5.69 Å². The Morgan fingerprint density at radius 2 is 2.21 bits per heavy atom. The van der Waals surface area contributed by atoms with Gasteiger partial charge in [-0.05, 0) is 6.07 Å². The number of ether oxygens (including phenoxy) is 1. The highest BCUT2D eigenvalue weighted by Crippen LogP contribution is 2.28. The molecular weight excluding hydrogens is 197 g/mol. The molecule has 0 aliphatic carbocycles. The molecule has 0 atom stereocenters. The quantitative estimate of drug-likeness (QED) is 0.764. The van der Waals surface area contributed by atoms with E-state index in [0.29, 0.717) is 0 Å². The molecule has 3 nitrogen and oxygen atoms in total. The summed E-state index contributed by atoms with van der Waals surface area (Å²) in [4.78, 5) is 3.09. The van der Waals surface area contributed by atoms with Crippen LogP contribution in [0.3, 0.4) is 0 Å². The third-order valence-electron chi connectivity index (χ3n) is 1.69. The fraction of sp³-hybridized carbons (Fsp3) is 0.375. The molecule has 0 fully saturated rings. The third kappa shape index (κ3) is 1.95. The highest BCUT2D eigenvalue weighted by Gasteiger charge is 2.18. The van der Waals surface area contributed by atoms with Gasteiger partial charge >= 0.3 is 0 Å². The molecule has 14 heavy (non-hydrogen) atoms. The molecule has 0 saturated carbocycles. The second kappa shape index (κ2) is 4.28. The van der Waals surface area contributed by atoms with E-state index in [4.69, 9.17) is 5.73 Å². The van der Waals surface area contributed by atoms with Crippen molar-refractivity contribution in [2.24, 2.45) is 5.73 Å². The van der Waals surface area contributed by atoms with E-state index in [1.165, 1.54) is 7.11 Å². The van der Waals surface area contributed by atoms with Gasteiger partial charge in [0.2, 0.25) is 5.95 Å². The molecular formula is C8H9F3N2O. The molecule has 0 spiro atoms. The summed E-state index contributed by atoms with van der Waals surface area (Å²) in [5, 5.41) is 0. The minimum absolute atomic E-state index is 0.0475. The van der Waals surface area contributed by atoms with Crippen molar-refractivity contribution in [3.63, 3.8) is 0 Å². The second-order valence-electron chi connectivity index (χ2n) is 2.53. The number of nitrogens with two attached hydrogens (primary N) is 1. The van der Waals surface area contributed by atoms with Crippen molar-refractivity contribution in [1.82, 2.24) is 4.98 Å². The van der Waals surface area contributed by atoms with Crippen molar-refractivity contribution in [3.05, 3.63) is 23.3 Å². The first-order chi connectivity index (χ1) is 6.60. The SMILES string of the molecule is COc1cc(CN)c(F)nc1C(F)F. The molecule has 1 heterocycles. The molecule has 2 N–H and O–H groups in total. The summed E-state index contributed by atoms with van der Waals surface area (Å²) < 4.78 is 42.2. The number of pyridine rings is 1. The van der Waals surface area contributed by atoms with E-state index in [9.17, 15) is 13.2 Å². The normalized spacial score (nSPS) is 10.7. The summed E-state index contributed by atoms with van der Waals surface area (Å²) in [6.07, 6.45) is -2.87. The fourth-order valence-corrected chi connectivity index (χ4v) is 0.987. The van der Waals surface area contributed by atoms with Crippen molar-refractivity contribution in [3.8, 4) is 5.75 Å². The maximum atomic E-state index is 12.9. The zero-order valence-corrected chi connectivity index (χ0v) is 7.43. The molecule has 0 aromatic carbocycles. The highest BCUT2D eigenvalue weighted by atomic mass is 19.3. The summed E-state index contributed by atoms with van der Waals surface area (Å²) in [5.74, 6) is -1.13. The standard InChI is InChI=1S/C8H9F3N2O/c1-14-5-2-4(3-12)8(11)13-6(5)7(9)10/h2,7H,3,12H2,1H3. The lowest BCUT2D eigenvalue weighted by Crippen LogP contribution is -2.06. The summed E-state index contributed by atoms with van der Waals surface area (Å²) in [6.45, 7) is -0.112. The van der Waals surface area contributed by atoms with E-state index in [1.54, 1.807) is 0 Å². The summed E-state index contributed by atoms with van der Waals surface area (Å²) in [6, 6.07) is 1.13. The molecule has 6 heteroatoms. The number of aromatic nitrogens is 1. The molecule has 0 amide bonds. The maximum Gasteiger partial charge on any atom is 0.284 e. The van der Waals surface area contributed by atoms with Gasteiger partial charge in [0, 0.05) is 12.1 Å². The van der Waals surface area contributed by atoms with Crippen LogP contribution >= 0.6 is 0 Å². The average Bonchev–Trinajstić information content (AvgIpc) is 2.17. The molecule has 0 bridgehead atoms. The van der Waals surface area contributed by atoms with E-state index in [0.717, 1.165) is 6.07 Å². The van der Waals surface area contributed by atoms with Gasteiger partial charge in [-0.3, -0.25) is 0 Å². The van der Waals surface area contributed by atoms with Gasteiger partial charge in [0.05, 0.1) is 7.11 Å². The number of halogens is 3. The summed E-state index contributed by atoms with van der Waals surface area (Å²) in [5.41, 5.74) is 4.52. The molecule has 1 aromatic heterocycles. The van der Waals surface area contributed by atoms with Crippen molar-refractivity contribution < 1.29 is 17.9 Å². The van der Waals surface area contributed by atoms with Crippen molar-refractivity contribution >= 4 is 0 Å². The molecule has 1 aromatic rings. The Balaban J connectivity index is 3.24. The van der Waals surface area contributed by atoms with Gasteiger partial charge in [-0.2, -0.15) is 4.39 Å². The lowest BCUT2D eigenvalue weighted by molar-refractivity contribution is 0.140. The van der Waals surface area contributed by atoms with Crippen molar-refractivity contribution in [2.45, 2.75) is 13.0 Å². The number of nitrogens with zero attached hydrogens (tertiary/aromatic N) is 1. The van der Waals surface area contributed by atoms with Crippen LogP contribution in [0.15, 0.2) is 6.07 Å². The van der Waals surface area contributed by atoms with Gasteiger partial charge in [-0.25, -0.2) is 13.8 Å². The first-order valence-electron chi connectivity index (χ1n) is 3.81. The Bertz CT molecular complexity index is 331. The molecule has 0 radical (unpaired) electrons. The van der Waals surface area contributed by atoms with Crippen LogP contribution in [0.1, 0.15) is 17.7 Å². The smallest absolute Gasteiger partial charge is 0.284 e. The Kier molecular flexibility index (Phi) is 3.29. The minimum Gasteiger partial charge on any atom is -0.495 e.